The summed E-state index contributed by atoms with van der Waals surface area (Å²) < 4.78 is 5.80. The molecule has 0 aromatic heterocycles. The molecule has 1 aliphatic heterocycles. The van der Waals surface area contributed by atoms with Gasteiger partial charge in [0.15, 0.2) is 0 Å². The van der Waals surface area contributed by atoms with Crippen LogP contribution < -0.4 is 10.1 Å². The molecule has 110 valence electrons. The summed E-state index contributed by atoms with van der Waals surface area (Å²) in [5.74, 6) is 0.918. The number of nitrogens with zero attached hydrogens (tertiary/aromatic N) is 1. The van der Waals surface area contributed by atoms with E-state index in [1.807, 2.05) is 18.2 Å². The highest BCUT2D eigenvalue weighted by Gasteiger charge is 2.34. The number of hydrogen-bond donors (Lipinski definition) is 1. The van der Waals surface area contributed by atoms with Crippen LogP contribution in [0.25, 0.3) is 0 Å². The summed E-state index contributed by atoms with van der Waals surface area (Å²) in [6.07, 6.45) is 4.99. The molecule has 1 saturated heterocycles. The van der Waals surface area contributed by atoms with Gasteiger partial charge in [-0.1, -0.05) is 18.5 Å². The molecule has 3 rings (SSSR count). The molecular weight excluding hydrogens is 272 g/mol. The van der Waals surface area contributed by atoms with Crippen molar-refractivity contribution in [1.29, 1.82) is 0 Å². The highest BCUT2D eigenvalue weighted by atomic mass is 35.5. The minimum absolute atomic E-state index is 0.512. The molecule has 1 N–H and O–H groups in total. The molecule has 0 radical (unpaired) electrons. The van der Waals surface area contributed by atoms with Crippen molar-refractivity contribution in [2.45, 2.75) is 44.7 Å². The zero-order chi connectivity index (χ0) is 13.9. The monoisotopic (exact) mass is 294 g/mol. The van der Waals surface area contributed by atoms with Crippen LogP contribution in [0.3, 0.4) is 0 Å². The number of benzene rings is 1. The quantitative estimate of drug-likeness (QED) is 0.864. The van der Waals surface area contributed by atoms with Gasteiger partial charge in [0.2, 0.25) is 0 Å². The Kier molecular flexibility index (Phi) is 4.37. The van der Waals surface area contributed by atoms with Gasteiger partial charge in [0.05, 0.1) is 12.3 Å². The van der Waals surface area contributed by atoms with Crippen LogP contribution >= 0.6 is 11.6 Å². The average Bonchev–Trinajstić information content (AvgIpc) is 3.19. The van der Waals surface area contributed by atoms with Crippen LogP contribution in [0.2, 0.25) is 5.02 Å². The normalized spacial score (nSPS) is 23.0. The van der Waals surface area contributed by atoms with Gasteiger partial charge in [-0.25, -0.2) is 0 Å². The number of nitrogens with one attached hydrogen (secondary N) is 1. The highest BCUT2D eigenvalue weighted by molar-refractivity contribution is 6.30. The number of ether oxygens (including phenoxy) is 1. The van der Waals surface area contributed by atoms with Gasteiger partial charge in [-0.3, -0.25) is 4.90 Å². The summed E-state index contributed by atoms with van der Waals surface area (Å²) >= 11 is 6.12. The number of halogens is 1. The zero-order valence-corrected chi connectivity index (χ0v) is 12.8. The van der Waals surface area contributed by atoms with Gasteiger partial charge in [-0.05, 0) is 43.9 Å². The van der Waals surface area contributed by atoms with Crippen molar-refractivity contribution in [2.75, 3.05) is 25.0 Å². The first kappa shape index (κ1) is 14.0. The van der Waals surface area contributed by atoms with Crippen molar-refractivity contribution in [1.82, 2.24) is 4.90 Å². The average molecular weight is 295 g/mol. The van der Waals surface area contributed by atoms with E-state index in [0.717, 1.165) is 42.1 Å². The third-order valence-electron chi connectivity index (χ3n) is 4.05. The largest absolute Gasteiger partial charge is 0.491 e. The SMILES string of the molecule is CCCOc1ccc(Cl)cc1NC1CCN(C2CC2)C1. The predicted octanol–water partition coefficient (Wildman–Crippen LogP) is 3.78. The maximum Gasteiger partial charge on any atom is 0.142 e. The standard InChI is InChI=1S/C16H23ClN2O/c1-2-9-20-16-6-3-12(17)10-15(16)18-13-7-8-19(11-13)14-4-5-14/h3,6,10,13-14,18H,2,4-5,7-9,11H2,1H3. The van der Waals surface area contributed by atoms with E-state index < -0.39 is 0 Å². The highest BCUT2D eigenvalue weighted by Crippen LogP contribution is 2.33. The maximum absolute atomic E-state index is 6.12. The van der Waals surface area contributed by atoms with Crippen molar-refractivity contribution >= 4 is 17.3 Å². The van der Waals surface area contributed by atoms with Crippen molar-refractivity contribution in [3.05, 3.63) is 23.2 Å². The molecule has 1 saturated carbocycles. The Labute approximate surface area is 126 Å². The Hall–Kier alpha value is -0.930. The molecular formula is C16H23ClN2O. The van der Waals surface area contributed by atoms with Gasteiger partial charge in [-0.2, -0.15) is 0 Å². The van der Waals surface area contributed by atoms with E-state index in [4.69, 9.17) is 16.3 Å². The van der Waals surface area contributed by atoms with Gasteiger partial charge in [0, 0.05) is 30.2 Å². The summed E-state index contributed by atoms with van der Waals surface area (Å²) in [7, 11) is 0. The third-order valence-corrected chi connectivity index (χ3v) is 4.28. The van der Waals surface area contributed by atoms with Crippen molar-refractivity contribution in [3.8, 4) is 5.75 Å². The zero-order valence-electron chi connectivity index (χ0n) is 12.1. The first-order valence-corrected chi connectivity index (χ1v) is 8.07. The van der Waals surface area contributed by atoms with Gasteiger partial charge in [-0.15, -0.1) is 0 Å². The molecule has 1 aliphatic carbocycles. The van der Waals surface area contributed by atoms with E-state index >= 15 is 0 Å². The van der Waals surface area contributed by atoms with E-state index in [1.54, 1.807) is 0 Å². The molecule has 0 spiro atoms. The third kappa shape index (κ3) is 3.39. The topological polar surface area (TPSA) is 24.5 Å². The molecule has 1 aromatic rings. The van der Waals surface area contributed by atoms with Crippen LogP contribution in [0.5, 0.6) is 5.75 Å². The molecule has 1 aromatic carbocycles. The molecule has 1 heterocycles. The Morgan fingerprint density at radius 2 is 2.20 bits per heavy atom. The number of anilines is 1. The van der Waals surface area contributed by atoms with E-state index in [9.17, 15) is 0 Å². The molecule has 1 unspecified atom stereocenters. The van der Waals surface area contributed by atoms with Crippen molar-refractivity contribution in [2.24, 2.45) is 0 Å². The van der Waals surface area contributed by atoms with Crippen LogP contribution in [0.4, 0.5) is 5.69 Å². The van der Waals surface area contributed by atoms with E-state index in [1.165, 1.54) is 25.8 Å². The van der Waals surface area contributed by atoms with Crippen LogP contribution in [0.15, 0.2) is 18.2 Å². The Balaban J connectivity index is 1.64. The molecule has 2 aliphatic rings. The second-order valence-corrected chi connectivity index (χ2v) is 6.28. The first-order chi connectivity index (χ1) is 9.76. The van der Waals surface area contributed by atoms with Gasteiger partial charge >= 0.3 is 0 Å². The summed E-state index contributed by atoms with van der Waals surface area (Å²) in [6.45, 7) is 5.22. The Morgan fingerprint density at radius 1 is 1.35 bits per heavy atom. The van der Waals surface area contributed by atoms with Crippen molar-refractivity contribution in [3.63, 3.8) is 0 Å². The minimum Gasteiger partial charge on any atom is -0.491 e. The molecule has 2 fully saturated rings. The van der Waals surface area contributed by atoms with Gasteiger partial charge in [0.25, 0.3) is 0 Å². The van der Waals surface area contributed by atoms with Gasteiger partial charge in [0.1, 0.15) is 5.75 Å². The lowest BCUT2D eigenvalue weighted by Crippen LogP contribution is -2.27. The van der Waals surface area contributed by atoms with Crippen LogP contribution in [0, 0.1) is 0 Å². The lowest BCUT2D eigenvalue weighted by atomic mass is 10.2. The lowest BCUT2D eigenvalue weighted by Gasteiger charge is -2.19. The van der Waals surface area contributed by atoms with E-state index in [-0.39, 0.29) is 0 Å². The summed E-state index contributed by atoms with van der Waals surface area (Å²) in [5.41, 5.74) is 1.04. The fourth-order valence-electron chi connectivity index (χ4n) is 2.85. The van der Waals surface area contributed by atoms with Crippen LogP contribution in [-0.4, -0.2) is 36.7 Å². The second kappa shape index (κ2) is 6.23. The molecule has 3 nitrogen and oxygen atoms in total. The smallest absolute Gasteiger partial charge is 0.142 e. The second-order valence-electron chi connectivity index (χ2n) is 5.84. The van der Waals surface area contributed by atoms with Crippen molar-refractivity contribution < 1.29 is 4.74 Å². The van der Waals surface area contributed by atoms with E-state index in [2.05, 4.69) is 17.1 Å². The fraction of sp³-hybridized carbons (Fsp3) is 0.625. The predicted molar refractivity (Wildman–Crippen MR) is 83.9 cm³/mol. The lowest BCUT2D eigenvalue weighted by molar-refractivity contribution is 0.317. The van der Waals surface area contributed by atoms with Crippen LogP contribution in [-0.2, 0) is 0 Å². The summed E-state index contributed by atoms with van der Waals surface area (Å²) in [4.78, 5) is 2.61. The molecule has 1 atom stereocenters. The maximum atomic E-state index is 6.12. The number of hydrogen-bond acceptors (Lipinski definition) is 3. The Morgan fingerprint density at radius 3 is 2.95 bits per heavy atom. The number of rotatable bonds is 6. The summed E-state index contributed by atoms with van der Waals surface area (Å²) in [6, 6.07) is 7.21. The molecule has 0 amide bonds. The van der Waals surface area contributed by atoms with Gasteiger partial charge < -0.3 is 10.1 Å². The Bertz CT molecular complexity index is 462. The molecule has 4 heteroatoms. The fourth-order valence-corrected chi connectivity index (χ4v) is 3.02. The number of likely N-dealkylation sites (tertiary alicyclic amines) is 1. The summed E-state index contributed by atoms with van der Waals surface area (Å²) in [5, 5.41) is 4.38. The van der Waals surface area contributed by atoms with E-state index in [0.29, 0.717) is 6.04 Å². The first-order valence-electron chi connectivity index (χ1n) is 7.69. The van der Waals surface area contributed by atoms with Crippen LogP contribution in [0.1, 0.15) is 32.6 Å². The molecule has 20 heavy (non-hydrogen) atoms. The minimum atomic E-state index is 0.512. The molecule has 0 bridgehead atoms.